The van der Waals surface area contributed by atoms with Gasteiger partial charge in [-0.3, -0.25) is 0 Å². The number of hydrogen-bond acceptors (Lipinski definition) is 2. The molecule has 3 nitrogen and oxygen atoms in total. The van der Waals surface area contributed by atoms with Crippen LogP contribution in [0.4, 0.5) is 0 Å². The van der Waals surface area contributed by atoms with Crippen LogP contribution in [0, 0.1) is 0 Å². The van der Waals surface area contributed by atoms with Crippen molar-refractivity contribution in [3.63, 3.8) is 0 Å². The quantitative estimate of drug-likeness (QED) is 0.656. The summed E-state index contributed by atoms with van der Waals surface area (Å²) in [7, 11) is 0. The maximum absolute atomic E-state index is 6.25. The van der Waals surface area contributed by atoms with Gasteiger partial charge in [0.25, 0.3) is 0 Å². The summed E-state index contributed by atoms with van der Waals surface area (Å²) in [6.07, 6.45) is 2.01. The summed E-state index contributed by atoms with van der Waals surface area (Å²) in [5.74, 6) is 0. The van der Waals surface area contributed by atoms with E-state index in [0.717, 1.165) is 25.1 Å². The van der Waals surface area contributed by atoms with Gasteiger partial charge in [-0.15, -0.1) is 5.10 Å². The average molecular weight is 382 g/mol. The SMILES string of the molecule is CCCCn1nnc(C(Cl)(Cl)C(Cl)(Cl)Cl)c1C(C)(C)C. The van der Waals surface area contributed by atoms with Gasteiger partial charge in [-0.05, 0) is 6.42 Å². The highest BCUT2D eigenvalue weighted by Gasteiger charge is 2.52. The molecule has 8 heteroatoms. The summed E-state index contributed by atoms with van der Waals surface area (Å²) in [6, 6.07) is 0. The third kappa shape index (κ3) is 3.86. The van der Waals surface area contributed by atoms with E-state index in [9.17, 15) is 0 Å². The van der Waals surface area contributed by atoms with Crippen molar-refractivity contribution < 1.29 is 0 Å². The second kappa shape index (κ2) is 6.37. The Balaban J connectivity index is 3.38. The number of aryl methyl sites for hydroxylation is 1. The Hall–Kier alpha value is 0.590. The maximum Gasteiger partial charge on any atom is 0.228 e. The van der Waals surface area contributed by atoms with Gasteiger partial charge in [-0.1, -0.05) is 97.3 Å². The monoisotopic (exact) mass is 379 g/mol. The van der Waals surface area contributed by atoms with Crippen molar-refractivity contribution >= 4 is 58.0 Å². The van der Waals surface area contributed by atoms with Crippen molar-refractivity contribution in [2.24, 2.45) is 0 Å². The lowest BCUT2D eigenvalue weighted by atomic mass is 9.89. The predicted octanol–water partition coefficient (Wildman–Crippen LogP) is 5.38. The first kappa shape index (κ1) is 18.6. The van der Waals surface area contributed by atoms with E-state index in [2.05, 4.69) is 17.2 Å². The van der Waals surface area contributed by atoms with Crippen LogP contribution in [-0.4, -0.2) is 18.8 Å². The van der Waals surface area contributed by atoms with Crippen molar-refractivity contribution in [3.05, 3.63) is 11.4 Å². The van der Waals surface area contributed by atoms with Gasteiger partial charge in [0.1, 0.15) is 5.69 Å². The molecule has 0 aliphatic carbocycles. The van der Waals surface area contributed by atoms with Crippen molar-refractivity contribution in [1.82, 2.24) is 15.0 Å². The summed E-state index contributed by atoms with van der Waals surface area (Å²) in [6.45, 7) is 8.86. The number of hydrogen-bond donors (Lipinski definition) is 0. The highest BCUT2D eigenvalue weighted by Crippen LogP contribution is 2.54. The minimum atomic E-state index is -1.90. The minimum Gasteiger partial charge on any atom is -0.248 e. The number of nitrogens with zero attached hydrogens (tertiary/aromatic N) is 3. The standard InChI is InChI=1S/C12H18Cl5N3/c1-5-6-7-20-9(10(2,3)4)8(18-19-20)11(13,14)12(15,16)17/h5-7H2,1-4H3. The molecule has 0 fully saturated rings. The van der Waals surface area contributed by atoms with Crippen LogP contribution >= 0.6 is 58.0 Å². The zero-order valence-corrected chi connectivity index (χ0v) is 15.6. The van der Waals surface area contributed by atoms with E-state index in [1.807, 2.05) is 20.8 Å². The summed E-state index contributed by atoms with van der Waals surface area (Å²) >= 11 is 30.2. The van der Waals surface area contributed by atoms with Gasteiger partial charge in [-0.25, -0.2) is 4.68 Å². The molecule has 0 N–H and O–H groups in total. The highest BCUT2D eigenvalue weighted by atomic mass is 35.6. The lowest BCUT2D eigenvalue weighted by molar-refractivity contribution is 0.464. The van der Waals surface area contributed by atoms with Crippen molar-refractivity contribution in [3.8, 4) is 0 Å². The van der Waals surface area contributed by atoms with Gasteiger partial charge >= 0.3 is 0 Å². The predicted molar refractivity (Wildman–Crippen MR) is 87.3 cm³/mol. The molecule has 0 amide bonds. The fourth-order valence-corrected chi connectivity index (χ4v) is 2.39. The Kier molecular flexibility index (Phi) is 5.94. The van der Waals surface area contributed by atoms with Gasteiger partial charge < -0.3 is 0 Å². The normalized spacial score (nSPS) is 13.8. The highest BCUT2D eigenvalue weighted by molar-refractivity contribution is 6.75. The molecule has 116 valence electrons. The largest absolute Gasteiger partial charge is 0.248 e. The third-order valence-electron chi connectivity index (χ3n) is 2.82. The lowest BCUT2D eigenvalue weighted by Gasteiger charge is -2.29. The Bertz CT molecular complexity index is 457. The van der Waals surface area contributed by atoms with Crippen LogP contribution in [0.2, 0.25) is 0 Å². The summed E-state index contributed by atoms with van der Waals surface area (Å²) in [4.78, 5) is 0. The summed E-state index contributed by atoms with van der Waals surface area (Å²) in [5, 5.41) is 8.19. The topological polar surface area (TPSA) is 30.7 Å². The molecule has 0 saturated heterocycles. The van der Waals surface area contributed by atoms with Crippen LogP contribution in [0.15, 0.2) is 0 Å². The van der Waals surface area contributed by atoms with Crippen LogP contribution in [0.5, 0.6) is 0 Å². The Labute approximate surface area is 144 Å². The minimum absolute atomic E-state index is 0.280. The van der Waals surface area contributed by atoms with Gasteiger partial charge in [0.05, 0.1) is 5.69 Å². The molecule has 0 bridgehead atoms. The molecule has 1 aromatic heterocycles. The molecule has 0 unspecified atom stereocenters. The fraction of sp³-hybridized carbons (Fsp3) is 0.833. The van der Waals surface area contributed by atoms with E-state index >= 15 is 0 Å². The van der Waals surface area contributed by atoms with E-state index in [4.69, 9.17) is 58.0 Å². The molecule has 1 rings (SSSR count). The van der Waals surface area contributed by atoms with Gasteiger partial charge in [0, 0.05) is 12.0 Å². The molecule has 1 aromatic rings. The van der Waals surface area contributed by atoms with Gasteiger partial charge in [-0.2, -0.15) is 0 Å². The molecule has 0 saturated carbocycles. The molecular formula is C12H18Cl5N3. The van der Waals surface area contributed by atoms with Gasteiger partial charge in [0.15, 0.2) is 0 Å². The molecule has 0 aliphatic rings. The maximum atomic E-state index is 6.25. The van der Waals surface area contributed by atoms with E-state index in [1.165, 1.54) is 0 Å². The number of alkyl halides is 5. The first-order valence-corrected chi connectivity index (χ1v) is 8.21. The zero-order valence-electron chi connectivity index (χ0n) is 11.9. The Morgan fingerprint density at radius 2 is 1.60 bits per heavy atom. The molecule has 20 heavy (non-hydrogen) atoms. The number of aromatic nitrogens is 3. The second-order valence-electron chi connectivity index (χ2n) is 5.69. The Morgan fingerprint density at radius 3 is 2.00 bits per heavy atom. The van der Waals surface area contributed by atoms with Crippen LogP contribution in [0.1, 0.15) is 51.9 Å². The van der Waals surface area contributed by atoms with E-state index in [1.54, 1.807) is 4.68 Å². The zero-order chi connectivity index (χ0) is 15.8. The average Bonchev–Trinajstić information content (AvgIpc) is 2.68. The molecule has 1 heterocycles. The third-order valence-corrected chi connectivity index (χ3v) is 5.18. The molecule has 0 aliphatic heterocycles. The van der Waals surface area contributed by atoms with Crippen molar-refractivity contribution in [2.45, 2.75) is 60.6 Å². The molecule has 0 spiro atoms. The number of halogens is 5. The van der Waals surface area contributed by atoms with Crippen LogP contribution in [-0.2, 0) is 16.3 Å². The summed E-state index contributed by atoms with van der Waals surface area (Å²) < 4.78 is -1.87. The van der Waals surface area contributed by atoms with E-state index in [-0.39, 0.29) is 5.41 Å². The van der Waals surface area contributed by atoms with E-state index in [0.29, 0.717) is 5.69 Å². The van der Waals surface area contributed by atoms with Crippen molar-refractivity contribution in [1.29, 1.82) is 0 Å². The lowest BCUT2D eigenvalue weighted by Crippen LogP contribution is -2.33. The van der Waals surface area contributed by atoms with Gasteiger partial charge in [0.2, 0.25) is 8.13 Å². The first-order chi connectivity index (χ1) is 8.93. The Morgan fingerprint density at radius 1 is 1.05 bits per heavy atom. The van der Waals surface area contributed by atoms with Crippen LogP contribution in [0.3, 0.4) is 0 Å². The number of unbranched alkanes of at least 4 members (excludes halogenated alkanes) is 1. The van der Waals surface area contributed by atoms with Crippen LogP contribution < -0.4 is 0 Å². The van der Waals surface area contributed by atoms with Crippen molar-refractivity contribution in [2.75, 3.05) is 0 Å². The molecule has 0 aromatic carbocycles. The molecule has 0 radical (unpaired) electrons. The molecular weight excluding hydrogens is 363 g/mol. The summed E-state index contributed by atoms with van der Waals surface area (Å²) in [5.41, 5.74) is 0.795. The molecule has 0 atom stereocenters. The fourth-order valence-electron chi connectivity index (χ4n) is 1.87. The van der Waals surface area contributed by atoms with E-state index < -0.39 is 8.13 Å². The second-order valence-corrected chi connectivity index (χ2v) is 9.29. The first-order valence-electron chi connectivity index (χ1n) is 6.32. The van der Waals surface area contributed by atoms with Crippen LogP contribution in [0.25, 0.3) is 0 Å². The number of rotatable bonds is 4. The smallest absolute Gasteiger partial charge is 0.228 e.